The number of Topliss-reactive ketones (excluding diaryl/α,β-unsaturated/α-hetero) is 1. The zero-order chi connectivity index (χ0) is 21.9. The zero-order valence-electron chi connectivity index (χ0n) is 16.5. The number of amides is 2. The number of hydrogen-bond donors (Lipinski definition) is 0. The van der Waals surface area contributed by atoms with Gasteiger partial charge in [0.25, 0.3) is 5.69 Å². The van der Waals surface area contributed by atoms with Gasteiger partial charge in [-0.1, -0.05) is 24.3 Å². The zero-order valence-corrected chi connectivity index (χ0v) is 16.5. The van der Waals surface area contributed by atoms with Crippen LogP contribution in [0.15, 0.2) is 53.6 Å². The largest absolute Gasteiger partial charge is 0.292 e. The summed E-state index contributed by atoms with van der Waals surface area (Å²) in [6, 6.07) is 11.3. The number of nitro benzene ring substituents is 1. The van der Waals surface area contributed by atoms with E-state index in [1.165, 1.54) is 29.2 Å². The fourth-order valence-corrected chi connectivity index (χ4v) is 4.96. The number of benzene rings is 2. The Hall–Kier alpha value is -3.88. The maximum Gasteiger partial charge on any atom is 0.269 e. The highest BCUT2D eigenvalue weighted by molar-refractivity contribution is 6.12. The highest BCUT2D eigenvalue weighted by Gasteiger charge is 2.64. The Morgan fingerprint density at radius 2 is 1.74 bits per heavy atom. The monoisotopic (exact) mass is 418 g/mol. The average molecular weight is 418 g/mol. The Balaban J connectivity index is 1.61. The van der Waals surface area contributed by atoms with Crippen molar-refractivity contribution in [2.45, 2.75) is 19.0 Å². The number of nitrogens with zero attached hydrogens (tertiary/aromatic N) is 4. The van der Waals surface area contributed by atoms with Gasteiger partial charge in [-0.2, -0.15) is 5.10 Å². The lowest BCUT2D eigenvalue weighted by molar-refractivity contribution is -0.384. The number of carbonyl (C=O) groups excluding carboxylic acids is 3. The van der Waals surface area contributed by atoms with Gasteiger partial charge in [0.1, 0.15) is 6.04 Å². The van der Waals surface area contributed by atoms with Crippen molar-refractivity contribution < 1.29 is 19.3 Å². The van der Waals surface area contributed by atoms with Crippen molar-refractivity contribution in [2.75, 3.05) is 6.54 Å². The lowest BCUT2D eigenvalue weighted by Crippen LogP contribution is -2.44. The number of imide groups is 1. The van der Waals surface area contributed by atoms with E-state index in [9.17, 15) is 24.5 Å². The van der Waals surface area contributed by atoms with E-state index in [-0.39, 0.29) is 35.4 Å². The van der Waals surface area contributed by atoms with E-state index in [4.69, 9.17) is 0 Å². The molecule has 9 heteroatoms. The van der Waals surface area contributed by atoms with E-state index < -0.39 is 28.8 Å². The summed E-state index contributed by atoms with van der Waals surface area (Å²) in [5.41, 5.74) is 1.80. The second kappa shape index (κ2) is 6.83. The lowest BCUT2D eigenvalue weighted by Gasteiger charge is -2.33. The number of fused-ring (bicyclic) bond motifs is 5. The van der Waals surface area contributed by atoms with Crippen LogP contribution in [-0.4, -0.2) is 51.2 Å². The predicted molar refractivity (Wildman–Crippen MR) is 109 cm³/mol. The molecule has 156 valence electrons. The van der Waals surface area contributed by atoms with E-state index in [0.29, 0.717) is 0 Å². The highest BCUT2D eigenvalue weighted by atomic mass is 16.6. The van der Waals surface area contributed by atoms with Crippen molar-refractivity contribution in [3.8, 4) is 0 Å². The summed E-state index contributed by atoms with van der Waals surface area (Å²) in [5, 5.41) is 17.0. The molecule has 3 heterocycles. The van der Waals surface area contributed by atoms with Crippen LogP contribution in [0.1, 0.15) is 34.5 Å². The van der Waals surface area contributed by atoms with Gasteiger partial charge in [-0.25, -0.2) is 0 Å². The molecular weight excluding hydrogens is 400 g/mol. The van der Waals surface area contributed by atoms with E-state index >= 15 is 0 Å². The first kappa shape index (κ1) is 19.1. The van der Waals surface area contributed by atoms with Crippen LogP contribution in [0.5, 0.6) is 0 Å². The summed E-state index contributed by atoms with van der Waals surface area (Å²) in [6.07, 6.45) is 1.63. The second-order valence-corrected chi connectivity index (χ2v) is 7.78. The number of nitro groups is 1. The van der Waals surface area contributed by atoms with Crippen LogP contribution in [0.3, 0.4) is 0 Å². The minimum Gasteiger partial charge on any atom is -0.292 e. The van der Waals surface area contributed by atoms with Gasteiger partial charge in [0, 0.05) is 24.2 Å². The average Bonchev–Trinajstić information content (AvgIpc) is 3.25. The number of hydrazone groups is 1. The van der Waals surface area contributed by atoms with Gasteiger partial charge in [-0.3, -0.25) is 34.4 Å². The van der Waals surface area contributed by atoms with E-state index in [0.717, 1.165) is 11.1 Å². The maximum atomic E-state index is 13.5. The van der Waals surface area contributed by atoms with Crippen molar-refractivity contribution in [3.63, 3.8) is 0 Å². The quantitative estimate of drug-likeness (QED) is 0.325. The first-order valence-corrected chi connectivity index (χ1v) is 9.99. The number of non-ortho nitro benzene ring substituents is 1. The maximum absolute atomic E-state index is 13.5. The minimum absolute atomic E-state index is 0.132. The van der Waals surface area contributed by atoms with Crippen LogP contribution in [0.25, 0.3) is 0 Å². The fourth-order valence-electron chi connectivity index (χ4n) is 4.96. The Kier molecular flexibility index (Phi) is 4.21. The van der Waals surface area contributed by atoms with Crippen molar-refractivity contribution in [1.82, 2.24) is 9.91 Å². The molecule has 31 heavy (non-hydrogen) atoms. The Labute approximate surface area is 177 Å². The molecule has 0 unspecified atom stereocenters. The molecule has 0 saturated carbocycles. The summed E-state index contributed by atoms with van der Waals surface area (Å²) in [7, 11) is 0. The van der Waals surface area contributed by atoms with Crippen LogP contribution >= 0.6 is 0 Å². The van der Waals surface area contributed by atoms with Gasteiger partial charge >= 0.3 is 0 Å². The number of rotatable bonds is 4. The molecule has 2 fully saturated rings. The smallest absolute Gasteiger partial charge is 0.269 e. The predicted octanol–water partition coefficient (Wildman–Crippen LogP) is 2.17. The lowest BCUT2D eigenvalue weighted by atomic mass is 9.83. The minimum atomic E-state index is -0.964. The topological polar surface area (TPSA) is 113 Å². The summed E-state index contributed by atoms with van der Waals surface area (Å²) < 4.78 is 0. The number of ketones is 1. The molecule has 0 spiro atoms. The number of hydrogen-bond acceptors (Lipinski definition) is 7. The van der Waals surface area contributed by atoms with Crippen molar-refractivity contribution >= 4 is 29.5 Å². The Morgan fingerprint density at radius 3 is 2.42 bits per heavy atom. The molecule has 3 aliphatic rings. The molecule has 2 aromatic carbocycles. The number of likely N-dealkylation sites (tertiary alicyclic amines) is 1. The fraction of sp³-hybridized carbons (Fsp3) is 0.273. The van der Waals surface area contributed by atoms with Gasteiger partial charge < -0.3 is 0 Å². The SMILES string of the molecule is CCN1C(=O)[C@@H]2[C@H](C1=O)[C@H]1c3ccccc3C=NN1[C@H]2C(=O)c1ccc([N+](=O)[O-])cc1. The van der Waals surface area contributed by atoms with Crippen LogP contribution in [-0.2, 0) is 9.59 Å². The van der Waals surface area contributed by atoms with Crippen LogP contribution < -0.4 is 0 Å². The molecule has 5 rings (SSSR count). The van der Waals surface area contributed by atoms with Gasteiger partial charge in [0.2, 0.25) is 11.8 Å². The summed E-state index contributed by atoms with van der Waals surface area (Å²) in [4.78, 5) is 51.5. The third-order valence-electron chi connectivity index (χ3n) is 6.33. The Bertz CT molecular complexity index is 1160. The molecule has 0 radical (unpaired) electrons. The van der Waals surface area contributed by atoms with Crippen molar-refractivity contribution in [3.05, 3.63) is 75.3 Å². The molecule has 2 amide bonds. The van der Waals surface area contributed by atoms with Gasteiger partial charge in [0.15, 0.2) is 5.78 Å². The Morgan fingerprint density at radius 1 is 1.06 bits per heavy atom. The molecular formula is C22H18N4O5. The molecule has 2 saturated heterocycles. The van der Waals surface area contributed by atoms with Gasteiger partial charge in [-0.15, -0.1) is 0 Å². The number of carbonyl (C=O) groups is 3. The van der Waals surface area contributed by atoms with Crippen molar-refractivity contribution in [2.24, 2.45) is 16.9 Å². The third-order valence-corrected chi connectivity index (χ3v) is 6.33. The molecule has 2 aromatic rings. The molecule has 4 atom stereocenters. The van der Waals surface area contributed by atoms with E-state index in [2.05, 4.69) is 5.10 Å². The summed E-state index contributed by atoms with van der Waals surface area (Å²) >= 11 is 0. The van der Waals surface area contributed by atoms with Crippen LogP contribution in [0.2, 0.25) is 0 Å². The summed E-state index contributed by atoms with van der Waals surface area (Å²) in [5.74, 6) is -2.62. The first-order chi connectivity index (χ1) is 14.9. The van der Waals surface area contributed by atoms with Gasteiger partial charge in [-0.05, 0) is 30.2 Å². The molecule has 0 N–H and O–H groups in total. The molecule has 3 aliphatic heterocycles. The first-order valence-electron chi connectivity index (χ1n) is 9.99. The van der Waals surface area contributed by atoms with Crippen LogP contribution in [0, 0.1) is 22.0 Å². The van der Waals surface area contributed by atoms with Crippen molar-refractivity contribution in [1.29, 1.82) is 0 Å². The molecule has 0 aliphatic carbocycles. The van der Waals surface area contributed by atoms with E-state index in [1.807, 2.05) is 24.3 Å². The highest BCUT2D eigenvalue weighted by Crippen LogP contribution is 2.52. The third kappa shape index (κ3) is 2.62. The second-order valence-electron chi connectivity index (χ2n) is 7.78. The molecule has 0 aromatic heterocycles. The van der Waals surface area contributed by atoms with E-state index in [1.54, 1.807) is 18.1 Å². The molecule has 0 bridgehead atoms. The molecule has 9 nitrogen and oxygen atoms in total. The summed E-state index contributed by atoms with van der Waals surface area (Å²) in [6.45, 7) is 1.97. The van der Waals surface area contributed by atoms with Crippen LogP contribution in [0.4, 0.5) is 5.69 Å². The standard InChI is InChI=1S/C22H18N4O5/c1-2-24-21(28)16-17(22(24)29)19(20(27)12-7-9-14(10-8-12)26(30)31)25-18(16)15-6-4-3-5-13(15)11-23-25/h3-11,16-19H,2H2,1H3/t16-,17+,18+,19+/m0/s1. The van der Waals surface area contributed by atoms with Gasteiger partial charge in [0.05, 0.1) is 29.0 Å². The normalized spacial score (nSPS) is 26.0.